The predicted octanol–water partition coefficient (Wildman–Crippen LogP) is 3.04. The highest BCUT2D eigenvalue weighted by Gasteiger charge is 2.65. The number of benzene rings is 1. The number of rotatable bonds is 3. The molecule has 21 heavy (non-hydrogen) atoms. The molecular weight excluding hydrogens is 282 g/mol. The highest BCUT2D eigenvalue weighted by molar-refractivity contribution is 5.96. The predicted molar refractivity (Wildman–Crippen MR) is 71.8 cm³/mol. The van der Waals surface area contributed by atoms with E-state index >= 15 is 0 Å². The molecule has 1 saturated carbocycles. The zero-order valence-electron chi connectivity index (χ0n) is 12.2. The van der Waals surface area contributed by atoms with E-state index in [0.717, 1.165) is 6.07 Å². The molecule has 0 atom stereocenters. The Kier molecular flexibility index (Phi) is 3.27. The summed E-state index contributed by atoms with van der Waals surface area (Å²) in [6, 6.07) is 1.17. The Morgan fingerprint density at radius 2 is 1.76 bits per heavy atom. The average Bonchev–Trinajstić information content (AvgIpc) is 2.71. The van der Waals surface area contributed by atoms with E-state index in [0.29, 0.717) is 6.07 Å². The Morgan fingerprint density at radius 3 is 2.19 bits per heavy atom. The van der Waals surface area contributed by atoms with Crippen LogP contribution in [0, 0.1) is 32.6 Å². The molecular formula is C14H16F2N2O3. The first-order valence-electron chi connectivity index (χ1n) is 6.45. The van der Waals surface area contributed by atoms with Crippen LogP contribution in [-0.2, 0) is 0 Å². The maximum Gasteiger partial charge on any atom is 0.305 e. The summed E-state index contributed by atoms with van der Waals surface area (Å²) >= 11 is 0. The number of nitrogens with zero attached hydrogens (tertiary/aromatic N) is 1. The van der Waals surface area contributed by atoms with E-state index in [2.05, 4.69) is 5.32 Å². The van der Waals surface area contributed by atoms with Gasteiger partial charge in [-0.25, -0.2) is 4.39 Å². The molecule has 1 N–H and O–H groups in total. The summed E-state index contributed by atoms with van der Waals surface area (Å²) in [6.07, 6.45) is 0. The van der Waals surface area contributed by atoms with E-state index in [9.17, 15) is 23.7 Å². The quantitative estimate of drug-likeness (QED) is 0.688. The maximum atomic E-state index is 13.9. The number of nitro groups is 1. The molecule has 0 spiro atoms. The summed E-state index contributed by atoms with van der Waals surface area (Å²) in [6.45, 7) is 7.71. The second kappa shape index (κ2) is 4.47. The zero-order valence-corrected chi connectivity index (χ0v) is 12.2. The number of halogens is 2. The number of carbonyl (C=O) groups is 1. The second-order valence-corrected chi connectivity index (χ2v) is 6.36. The molecule has 5 nitrogen and oxygen atoms in total. The summed E-state index contributed by atoms with van der Waals surface area (Å²) in [5.41, 5.74) is -2.26. The molecule has 0 radical (unpaired) electrons. The highest BCUT2D eigenvalue weighted by atomic mass is 19.1. The number of carbonyl (C=O) groups excluding carboxylic acids is 1. The third-order valence-corrected chi connectivity index (χ3v) is 4.79. The minimum absolute atomic E-state index is 0.212. The van der Waals surface area contributed by atoms with Gasteiger partial charge in [0.05, 0.1) is 4.92 Å². The van der Waals surface area contributed by atoms with Crippen LogP contribution in [-0.4, -0.2) is 16.9 Å². The van der Waals surface area contributed by atoms with Gasteiger partial charge in [-0.2, -0.15) is 4.39 Å². The fraction of sp³-hybridized carbons (Fsp3) is 0.500. The SMILES string of the molecule is CC1(C)C(NC(=O)c2c(F)ccc([N+](=O)[O-])c2F)C1(C)C. The molecule has 1 aromatic rings. The lowest BCUT2D eigenvalue weighted by Crippen LogP contribution is -2.31. The van der Waals surface area contributed by atoms with Gasteiger partial charge >= 0.3 is 5.69 Å². The van der Waals surface area contributed by atoms with Crippen molar-refractivity contribution in [1.82, 2.24) is 5.32 Å². The topological polar surface area (TPSA) is 72.2 Å². The van der Waals surface area contributed by atoms with Crippen LogP contribution in [0.25, 0.3) is 0 Å². The summed E-state index contributed by atoms with van der Waals surface area (Å²) in [5, 5.41) is 13.2. The minimum atomic E-state index is -1.45. The largest absolute Gasteiger partial charge is 0.348 e. The molecule has 0 aliphatic heterocycles. The second-order valence-electron chi connectivity index (χ2n) is 6.36. The lowest BCUT2D eigenvalue weighted by molar-refractivity contribution is -0.387. The van der Waals surface area contributed by atoms with Crippen molar-refractivity contribution in [3.05, 3.63) is 39.4 Å². The number of nitrogens with one attached hydrogen (secondary N) is 1. The third kappa shape index (κ3) is 2.16. The lowest BCUT2D eigenvalue weighted by atomic mass is 10.0. The molecule has 1 aliphatic rings. The van der Waals surface area contributed by atoms with Gasteiger partial charge in [0.25, 0.3) is 5.91 Å². The molecule has 1 aromatic carbocycles. The van der Waals surface area contributed by atoms with Crippen LogP contribution in [0.1, 0.15) is 38.1 Å². The number of nitro benzene ring substituents is 1. The molecule has 0 unspecified atom stereocenters. The van der Waals surface area contributed by atoms with E-state index in [4.69, 9.17) is 0 Å². The Morgan fingerprint density at radius 1 is 1.24 bits per heavy atom. The van der Waals surface area contributed by atoms with Crippen molar-refractivity contribution in [3.8, 4) is 0 Å². The monoisotopic (exact) mass is 298 g/mol. The lowest BCUT2D eigenvalue weighted by Gasteiger charge is -2.08. The van der Waals surface area contributed by atoms with Gasteiger partial charge in [0.2, 0.25) is 5.82 Å². The first-order chi connectivity index (χ1) is 9.51. The minimum Gasteiger partial charge on any atom is -0.348 e. The number of amides is 1. The zero-order chi connectivity index (χ0) is 16.2. The fourth-order valence-corrected chi connectivity index (χ4v) is 2.65. The van der Waals surface area contributed by atoms with Crippen LogP contribution in [0.2, 0.25) is 0 Å². The van der Waals surface area contributed by atoms with Crippen molar-refractivity contribution in [2.24, 2.45) is 10.8 Å². The first-order valence-corrected chi connectivity index (χ1v) is 6.45. The smallest absolute Gasteiger partial charge is 0.305 e. The van der Waals surface area contributed by atoms with Crippen molar-refractivity contribution in [1.29, 1.82) is 0 Å². The summed E-state index contributed by atoms with van der Waals surface area (Å²) in [5.74, 6) is -3.54. The number of hydrogen-bond donors (Lipinski definition) is 1. The van der Waals surface area contributed by atoms with Crippen molar-refractivity contribution < 1.29 is 18.5 Å². The van der Waals surface area contributed by atoms with Gasteiger partial charge in [-0.1, -0.05) is 27.7 Å². The summed E-state index contributed by atoms with van der Waals surface area (Å²) < 4.78 is 27.6. The normalized spacial score (nSPS) is 19.1. The molecule has 114 valence electrons. The van der Waals surface area contributed by atoms with E-state index in [1.165, 1.54) is 0 Å². The third-order valence-electron chi connectivity index (χ3n) is 4.79. The fourth-order valence-electron chi connectivity index (χ4n) is 2.65. The van der Waals surface area contributed by atoms with Crippen molar-refractivity contribution >= 4 is 11.6 Å². The van der Waals surface area contributed by atoms with Gasteiger partial charge in [0.15, 0.2) is 0 Å². The molecule has 1 fully saturated rings. The first kappa shape index (κ1) is 15.3. The van der Waals surface area contributed by atoms with Crippen molar-refractivity contribution in [3.63, 3.8) is 0 Å². The van der Waals surface area contributed by atoms with Gasteiger partial charge in [-0.15, -0.1) is 0 Å². The van der Waals surface area contributed by atoms with E-state index in [-0.39, 0.29) is 16.9 Å². The molecule has 7 heteroatoms. The molecule has 0 saturated heterocycles. The van der Waals surface area contributed by atoms with Crippen LogP contribution < -0.4 is 5.32 Å². The van der Waals surface area contributed by atoms with Crippen LogP contribution >= 0.6 is 0 Å². The van der Waals surface area contributed by atoms with Crippen LogP contribution in [0.15, 0.2) is 12.1 Å². The molecule has 0 bridgehead atoms. The molecule has 0 heterocycles. The Hall–Kier alpha value is -2.05. The molecule has 1 aliphatic carbocycles. The van der Waals surface area contributed by atoms with Gasteiger partial charge < -0.3 is 5.32 Å². The highest BCUT2D eigenvalue weighted by Crippen LogP contribution is 2.62. The molecule has 2 rings (SSSR count). The van der Waals surface area contributed by atoms with Crippen molar-refractivity contribution in [2.75, 3.05) is 0 Å². The standard InChI is InChI=1S/C14H16F2N2O3/c1-13(2)12(14(13,3)4)17-11(19)9-7(15)5-6-8(10(9)16)18(20)21/h5-6,12H,1-4H3,(H,17,19). The summed E-state index contributed by atoms with van der Waals surface area (Å²) in [7, 11) is 0. The van der Waals surface area contributed by atoms with Crippen LogP contribution in [0.3, 0.4) is 0 Å². The van der Waals surface area contributed by atoms with E-state index in [1.807, 2.05) is 27.7 Å². The number of hydrogen-bond acceptors (Lipinski definition) is 3. The van der Waals surface area contributed by atoms with E-state index < -0.39 is 33.7 Å². The average molecular weight is 298 g/mol. The van der Waals surface area contributed by atoms with Gasteiger partial charge in [-0.3, -0.25) is 14.9 Å². The van der Waals surface area contributed by atoms with Gasteiger partial charge in [0, 0.05) is 12.1 Å². The Balaban J connectivity index is 2.33. The molecule has 0 aromatic heterocycles. The van der Waals surface area contributed by atoms with Crippen LogP contribution in [0.4, 0.5) is 14.5 Å². The summed E-state index contributed by atoms with van der Waals surface area (Å²) in [4.78, 5) is 21.7. The van der Waals surface area contributed by atoms with E-state index in [1.54, 1.807) is 0 Å². The Bertz CT molecular complexity index is 627. The van der Waals surface area contributed by atoms with Crippen LogP contribution in [0.5, 0.6) is 0 Å². The maximum absolute atomic E-state index is 13.9. The Labute approximate surface area is 120 Å². The van der Waals surface area contributed by atoms with Crippen molar-refractivity contribution in [2.45, 2.75) is 33.7 Å². The van der Waals surface area contributed by atoms with Gasteiger partial charge in [-0.05, 0) is 16.9 Å². The molecule has 1 amide bonds. The van der Waals surface area contributed by atoms with Gasteiger partial charge in [0.1, 0.15) is 11.4 Å².